The van der Waals surface area contributed by atoms with E-state index in [0.717, 1.165) is 47.8 Å². The van der Waals surface area contributed by atoms with Crippen LogP contribution in [0.2, 0.25) is 0 Å². The number of benzene rings is 2. The van der Waals surface area contributed by atoms with E-state index in [1.807, 2.05) is 58.6 Å². The van der Waals surface area contributed by atoms with Gasteiger partial charge >= 0.3 is 6.09 Å². The summed E-state index contributed by atoms with van der Waals surface area (Å²) < 4.78 is 20.4. The Kier molecular flexibility index (Phi) is 9.29. The van der Waals surface area contributed by atoms with Gasteiger partial charge in [0.05, 0.1) is 11.1 Å². The number of rotatable bonds is 6. The van der Waals surface area contributed by atoms with Crippen molar-refractivity contribution in [1.29, 1.82) is 0 Å². The number of ether oxygens (including phenoxy) is 1. The minimum Gasteiger partial charge on any atom is -0.444 e. The van der Waals surface area contributed by atoms with E-state index in [2.05, 4.69) is 16.0 Å². The van der Waals surface area contributed by atoms with Gasteiger partial charge in [-0.25, -0.2) is 19.2 Å². The van der Waals surface area contributed by atoms with E-state index in [-0.39, 0.29) is 29.8 Å². The summed E-state index contributed by atoms with van der Waals surface area (Å²) in [7, 11) is 0. The lowest BCUT2D eigenvalue weighted by Gasteiger charge is -2.51. The highest BCUT2D eigenvalue weighted by Crippen LogP contribution is 2.42. The third kappa shape index (κ3) is 6.54. The van der Waals surface area contributed by atoms with E-state index in [9.17, 15) is 18.8 Å². The summed E-state index contributed by atoms with van der Waals surface area (Å²) in [5.74, 6) is -0.595. The van der Waals surface area contributed by atoms with Gasteiger partial charge in [0.2, 0.25) is 5.91 Å². The Balaban J connectivity index is 1.31. The molecule has 4 aliphatic rings. The molecule has 1 aromatic heterocycles. The zero-order chi connectivity index (χ0) is 34.3. The summed E-state index contributed by atoms with van der Waals surface area (Å²) in [5.41, 5.74) is 3.71. The Morgan fingerprint density at radius 2 is 1.81 bits per heavy atom. The molecule has 9 nitrogen and oxygen atoms in total. The van der Waals surface area contributed by atoms with Crippen LogP contribution in [0.3, 0.4) is 0 Å². The lowest BCUT2D eigenvalue weighted by molar-refractivity contribution is -0.145. The number of aromatic nitrogens is 2. The zero-order valence-corrected chi connectivity index (χ0v) is 28.8. The number of amides is 3. The normalized spacial score (nSPS) is 21.0. The van der Waals surface area contributed by atoms with Crippen LogP contribution in [-0.4, -0.2) is 85.9 Å². The van der Waals surface area contributed by atoms with Gasteiger partial charge in [-0.2, -0.15) is 0 Å². The molecule has 2 saturated heterocycles. The summed E-state index contributed by atoms with van der Waals surface area (Å²) in [5, 5.41) is 0.761. The van der Waals surface area contributed by atoms with E-state index in [0.29, 0.717) is 42.7 Å². The van der Waals surface area contributed by atoms with Crippen molar-refractivity contribution in [3.8, 4) is 11.1 Å². The van der Waals surface area contributed by atoms with Crippen molar-refractivity contribution in [2.24, 2.45) is 5.92 Å². The lowest BCUT2D eigenvalue weighted by atomic mass is 9.74. The summed E-state index contributed by atoms with van der Waals surface area (Å²) in [4.78, 5) is 55.3. The van der Waals surface area contributed by atoms with Gasteiger partial charge in [-0.15, -0.1) is 0 Å². The molecule has 3 aliphatic heterocycles. The van der Waals surface area contributed by atoms with Gasteiger partial charge in [-0.05, 0) is 126 Å². The van der Waals surface area contributed by atoms with Crippen LogP contribution < -0.4 is 0 Å². The Hall–Kier alpha value is -4.34. The third-order valence-corrected chi connectivity index (χ3v) is 9.98. The van der Waals surface area contributed by atoms with Crippen LogP contribution in [0.1, 0.15) is 89.6 Å². The van der Waals surface area contributed by atoms with Crippen LogP contribution in [0.15, 0.2) is 48.9 Å². The number of carbonyl (C=O) groups excluding carboxylic acids is 3. The molecule has 1 saturated carbocycles. The molecule has 0 radical (unpaired) electrons. The second kappa shape index (κ2) is 13.3. The van der Waals surface area contributed by atoms with Gasteiger partial charge < -0.3 is 14.5 Å². The summed E-state index contributed by atoms with van der Waals surface area (Å²) in [6.07, 6.45) is 9.19. The highest BCUT2D eigenvalue weighted by molar-refractivity contribution is 6.06. The van der Waals surface area contributed by atoms with Gasteiger partial charge in [0.15, 0.2) is 0 Å². The average Bonchev–Trinajstić information content (AvgIpc) is 3.07. The molecule has 7 rings (SSSR count). The molecule has 1 aliphatic carbocycles. The highest BCUT2D eigenvalue weighted by Gasteiger charge is 2.50. The van der Waals surface area contributed by atoms with Crippen molar-refractivity contribution >= 4 is 34.4 Å². The number of piperidine rings is 2. The first-order valence-electron chi connectivity index (χ1n) is 17.2. The van der Waals surface area contributed by atoms with Crippen LogP contribution >= 0.6 is 0 Å². The molecule has 2 bridgehead atoms. The summed E-state index contributed by atoms with van der Waals surface area (Å²) in [6, 6.07) is 7.85. The molecule has 0 N–H and O–H groups in total. The lowest BCUT2D eigenvalue weighted by Crippen LogP contribution is -2.63. The quantitative estimate of drug-likeness (QED) is 0.281. The predicted molar refractivity (Wildman–Crippen MR) is 184 cm³/mol. The first-order valence-corrected chi connectivity index (χ1v) is 17.2. The average molecular weight is 656 g/mol. The fourth-order valence-corrected chi connectivity index (χ4v) is 7.68. The minimum absolute atomic E-state index is 0.0161. The number of hydrogen-bond donors (Lipinski definition) is 0. The molecule has 254 valence electrons. The Morgan fingerprint density at radius 1 is 1.06 bits per heavy atom. The Bertz CT molecular complexity index is 1760. The fraction of sp³-hybridized carbons (Fsp3) is 0.500. The third-order valence-electron chi connectivity index (χ3n) is 9.98. The van der Waals surface area contributed by atoms with Gasteiger partial charge in [0.25, 0.3) is 5.91 Å². The number of hydrogen-bond acceptors (Lipinski definition) is 6. The molecule has 48 heavy (non-hydrogen) atoms. The molecule has 4 heterocycles. The second-order valence-electron chi connectivity index (χ2n) is 14.5. The Morgan fingerprint density at radius 3 is 2.46 bits per heavy atom. The molecular weight excluding hydrogens is 609 g/mol. The molecule has 0 unspecified atom stereocenters. The largest absolute Gasteiger partial charge is 0.444 e. The molecule has 0 spiro atoms. The van der Waals surface area contributed by atoms with Crippen molar-refractivity contribution in [3.63, 3.8) is 0 Å². The minimum atomic E-state index is -0.639. The van der Waals surface area contributed by atoms with Crippen LogP contribution in [-0.2, 0) is 9.53 Å². The smallest absolute Gasteiger partial charge is 0.411 e. The maximum absolute atomic E-state index is 14.6. The van der Waals surface area contributed by atoms with E-state index in [4.69, 9.17) is 4.74 Å². The molecule has 10 heteroatoms. The highest BCUT2D eigenvalue weighted by atomic mass is 19.1. The first kappa shape index (κ1) is 33.6. The van der Waals surface area contributed by atoms with Gasteiger partial charge in [-0.3, -0.25) is 14.5 Å². The maximum Gasteiger partial charge on any atom is 0.411 e. The maximum atomic E-state index is 14.6. The predicted octanol–water partition coefficient (Wildman–Crippen LogP) is 7.10. The van der Waals surface area contributed by atoms with Crippen molar-refractivity contribution in [3.05, 3.63) is 65.9 Å². The number of halogens is 1. The van der Waals surface area contributed by atoms with Gasteiger partial charge in [0.1, 0.15) is 23.8 Å². The van der Waals surface area contributed by atoms with Crippen molar-refractivity contribution in [2.45, 2.75) is 97.4 Å². The fourth-order valence-electron chi connectivity index (χ4n) is 7.68. The van der Waals surface area contributed by atoms with Crippen molar-refractivity contribution in [2.75, 3.05) is 19.6 Å². The number of fused-ring (bicyclic) bond motifs is 4. The van der Waals surface area contributed by atoms with E-state index < -0.39 is 23.6 Å². The first-order chi connectivity index (χ1) is 22.9. The SMILES string of the molecule is CCN(C(=O)c1cc(F)ccc1-c1cc(C2=CCN(C(=O)[C@H]3C4CCC(CC4)N3C(=O)OC(C)(C)C)CC2)cc2ncncc12)C(C)C. The topological polar surface area (TPSA) is 95.9 Å². The van der Waals surface area contributed by atoms with Crippen molar-refractivity contribution in [1.82, 2.24) is 24.7 Å². The van der Waals surface area contributed by atoms with Gasteiger partial charge in [0, 0.05) is 43.3 Å². The van der Waals surface area contributed by atoms with E-state index in [1.54, 1.807) is 22.1 Å². The molecule has 3 aromatic rings. The molecule has 2 aromatic carbocycles. The number of nitrogens with zero attached hydrogens (tertiary/aromatic N) is 5. The second-order valence-corrected chi connectivity index (χ2v) is 14.5. The van der Waals surface area contributed by atoms with Gasteiger partial charge in [-0.1, -0.05) is 12.1 Å². The van der Waals surface area contributed by atoms with Crippen LogP contribution in [0.4, 0.5) is 9.18 Å². The summed E-state index contributed by atoms with van der Waals surface area (Å²) in [6.45, 7) is 12.8. The zero-order valence-electron chi connectivity index (χ0n) is 28.8. The van der Waals surface area contributed by atoms with E-state index in [1.165, 1.54) is 18.5 Å². The van der Waals surface area contributed by atoms with E-state index >= 15 is 0 Å². The molecule has 1 atom stereocenters. The van der Waals surface area contributed by atoms with Crippen LogP contribution in [0.25, 0.3) is 27.6 Å². The molecular formula is C38H46FN5O4. The van der Waals surface area contributed by atoms with Crippen molar-refractivity contribution < 1.29 is 23.5 Å². The summed E-state index contributed by atoms with van der Waals surface area (Å²) >= 11 is 0. The Labute approximate surface area is 282 Å². The standard InChI is InChI=1S/C38H46FN5O4/c1-7-43(23(2)3)35(45)31-20-27(39)10-13-29(31)30-18-26(19-33-32(30)21-40-22-41-33)24-14-16-42(17-15-24)36(46)34-25-8-11-28(12-9-25)44(34)37(47)48-38(4,5)6/h10,13-14,18-23,25,28,34H,7-9,11-12,15-17H2,1-6H3/t25?,28?,34-/m1/s1. The molecule has 3 fully saturated rings. The monoisotopic (exact) mass is 655 g/mol. The van der Waals surface area contributed by atoms with Crippen LogP contribution in [0.5, 0.6) is 0 Å². The molecule has 3 amide bonds. The number of carbonyl (C=O) groups is 3. The van der Waals surface area contributed by atoms with Crippen LogP contribution in [0, 0.1) is 11.7 Å².